The molecule has 140 valence electrons. The number of ether oxygens (including phenoxy) is 1. The van der Waals surface area contributed by atoms with E-state index in [-0.39, 0.29) is 0 Å². The number of fused-ring (bicyclic) bond motifs is 1. The average Bonchev–Trinajstić information content (AvgIpc) is 3.05. The van der Waals surface area contributed by atoms with Gasteiger partial charge in [0.05, 0.1) is 12.9 Å². The molecule has 3 nitrogen and oxygen atoms in total. The molecular weight excluding hydrogens is 320 g/mol. The van der Waals surface area contributed by atoms with Gasteiger partial charge in [-0.3, -0.25) is 0 Å². The van der Waals surface area contributed by atoms with Gasteiger partial charge in [-0.25, -0.2) is 4.98 Å². The van der Waals surface area contributed by atoms with E-state index in [2.05, 4.69) is 48.5 Å². The first kappa shape index (κ1) is 18.8. The van der Waals surface area contributed by atoms with Crippen LogP contribution in [0.25, 0.3) is 6.08 Å². The van der Waals surface area contributed by atoms with Crippen molar-refractivity contribution in [1.29, 1.82) is 0 Å². The Morgan fingerprint density at radius 2 is 2.00 bits per heavy atom. The molecule has 1 aliphatic carbocycles. The van der Waals surface area contributed by atoms with Crippen LogP contribution in [0.4, 0.5) is 0 Å². The van der Waals surface area contributed by atoms with Gasteiger partial charge in [-0.15, -0.1) is 0 Å². The van der Waals surface area contributed by atoms with Crippen LogP contribution >= 0.6 is 0 Å². The predicted octanol–water partition coefficient (Wildman–Crippen LogP) is 5.74. The number of aryl methyl sites for hydroxylation is 1. The van der Waals surface area contributed by atoms with Crippen molar-refractivity contribution in [3.63, 3.8) is 0 Å². The molecule has 0 saturated heterocycles. The van der Waals surface area contributed by atoms with E-state index in [9.17, 15) is 0 Å². The molecule has 0 fully saturated rings. The molecule has 0 atom stereocenters. The monoisotopic (exact) mass is 352 g/mol. The van der Waals surface area contributed by atoms with Crippen molar-refractivity contribution in [2.45, 2.75) is 72.3 Å². The first-order valence-electron chi connectivity index (χ1n) is 10.1. The predicted molar refractivity (Wildman–Crippen MR) is 109 cm³/mol. The highest BCUT2D eigenvalue weighted by Gasteiger charge is 2.17. The lowest BCUT2D eigenvalue weighted by Gasteiger charge is -2.22. The average molecular weight is 353 g/mol. The molecule has 1 aliphatic rings. The van der Waals surface area contributed by atoms with Crippen molar-refractivity contribution in [1.82, 2.24) is 9.55 Å². The Hall–Kier alpha value is -2.03. The van der Waals surface area contributed by atoms with Crippen LogP contribution in [-0.4, -0.2) is 16.2 Å². The number of benzene rings is 1. The summed E-state index contributed by atoms with van der Waals surface area (Å²) in [5.74, 6) is 1.12. The normalized spacial score (nSPS) is 14.3. The van der Waals surface area contributed by atoms with Crippen molar-refractivity contribution in [3.8, 4) is 5.75 Å². The van der Waals surface area contributed by atoms with Gasteiger partial charge in [-0.05, 0) is 68.7 Å². The second kappa shape index (κ2) is 9.07. The Labute approximate surface area is 158 Å². The second-order valence-electron chi connectivity index (χ2n) is 7.53. The van der Waals surface area contributed by atoms with Gasteiger partial charge in [0.2, 0.25) is 0 Å². The molecule has 0 amide bonds. The van der Waals surface area contributed by atoms with Crippen LogP contribution in [0.1, 0.15) is 68.3 Å². The van der Waals surface area contributed by atoms with E-state index in [0.29, 0.717) is 0 Å². The van der Waals surface area contributed by atoms with Crippen LogP contribution in [0.5, 0.6) is 5.75 Å². The van der Waals surface area contributed by atoms with Crippen LogP contribution in [0, 0.1) is 6.92 Å². The van der Waals surface area contributed by atoms with Crippen LogP contribution in [0.15, 0.2) is 30.2 Å². The van der Waals surface area contributed by atoms with E-state index in [1.165, 1.54) is 60.1 Å². The summed E-state index contributed by atoms with van der Waals surface area (Å²) in [6.07, 6.45) is 14.7. The first-order chi connectivity index (χ1) is 12.7. The summed E-state index contributed by atoms with van der Waals surface area (Å²) in [7, 11) is 0. The summed E-state index contributed by atoms with van der Waals surface area (Å²) in [6.45, 7) is 8.29. The molecule has 3 rings (SSSR count). The Balaban J connectivity index is 1.79. The quantitative estimate of drug-likeness (QED) is 0.566. The van der Waals surface area contributed by atoms with Gasteiger partial charge in [-0.2, -0.15) is 0 Å². The van der Waals surface area contributed by atoms with Crippen molar-refractivity contribution in [2.75, 3.05) is 6.61 Å². The first-order valence-corrected chi connectivity index (χ1v) is 10.1. The Morgan fingerprint density at radius 3 is 2.73 bits per heavy atom. The van der Waals surface area contributed by atoms with Crippen LogP contribution in [0.3, 0.4) is 0 Å². The van der Waals surface area contributed by atoms with Crippen molar-refractivity contribution in [2.24, 2.45) is 0 Å². The molecule has 2 aromatic rings. The second-order valence-corrected chi connectivity index (χ2v) is 7.53. The van der Waals surface area contributed by atoms with Gasteiger partial charge in [0, 0.05) is 18.4 Å². The number of aromatic nitrogens is 2. The molecule has 0 aliphatic heterocycles. The maximum Gasteiger partial charge on any atom is 0.122 e. The van der Waals surface area contributed by atoms with Crippen LogP contribution in [0.2, 0.25) is 0 Å². The number of nitrogens with zero attached hydrogens (tertiary/aromatic N) is 2. The van der Waals surface area contributed by atoms with Crippen LogP contribution in [-0.2, 0) is 19.4 Å². The fourth-order valence-electron chi connectivity index (χ4n) is 3.80. The van der Waals surface area contributed by atoms with E-state index in [0.717, 1.165) is 31.7 Å². The molecule has 0 saturated carbocycles. The number of rotatable bonds is 8. The zero-order valence-corrected chi connectivity index (χ0v) is 16.6. The molecule has 0 radical (unpaired) electrons. The summed E-state index contributed by atoms with van der Waals surface area (Å²) < 4.78 is 8.33. The van der Waals surface area contributed by atoms with Crippen molar-refractivity contribution >= 4 is 6.08 Å². The van der Waals surface area contributed by atoms with Gasteiger partial charge in [0.15, 0.2) is 0 Å². The van der Waals surface area contributed by atoms with Crippen molar-refractivity contribution < 1.29 is 4.74 Å². The molecule has 1 aromatic heterocycles. The fraction of sp³-hybridized carbons (Fsp3) is 0.522. The highest BCUT2D eigenvalue weighted by Crippen LogP contribution is 2.33. The van der Waals surface area contributed by atoms with Crippen molar-refractivity contribution in [3.05, 3.63) is 52.6 Å². The molecule has 1 aromatic carbocycles. The molecular formula is C23H32N2O. The molecule has 26 heavy (non-hydrogen) atoms. The highest BCUT2D eigenvalue weighted by atomic mass is 16.5. The smallest absolute Gasteiger partial charge is 0.122 e. The topological polar surface area (TPSA) is 27.1 Å². The molecule has 0 spiro atoms. The van der Waals surface area contributed by atoms with E-state index in [1.807, 2.05) is 12.5 Å². The SMILES string of the molecule is CCCCCOc1ccc(/C=C(\C)Cn2cncc2C)c2c1CCCC2. The summed E-state index contributed by atoms with van der Waals surface area (Å²) in [4.78, 5) is 4.22. The number of hydrogen-bond donors (Lipinski definition) is 0. The minimum Gasteiger partial charge on any atom is -0.493 e. The van der Waals surface area contributed by atoms with Gasteiger partial charge >= 0.3 is 0 Å². The zero-order valence-electron chi connectivity index (χ0n) is 16.6. The lowest BCUT2D eigenvalue weighted by atomic mass is 9.87. The number of hydrogen-bond acceptors (Lipinski definition) is 2. The number of unbranched alkanes of at least 4 members (excludes halogenated alkanes) is 2. The maximum atomic E-state index is 6.13. The molecule has 0 unspecified atom stereocenters. The van der Waals surface area contributed by atoms with Gasteiger partial charge in [0.25, 0.3) is 0 Å². The third kappa shape index (κ3) is 4.57. The Kier molecular flexibility index (Phi) is 6.54. The largest absolute Gasteiger partial charge is 0.493 e. The minimum atomic E-state index is 0.842. The van der Waals surface area contributed by atoms with Crippen LogP contribution < -0.4 is 4.74 Å². The van der Waals surface area contributed by atoms with E-state index < -0.39 is 0 Å². The van der Waals surface area contributed by atoms with E-state index in [4.69, 9.17) is 4.74 Å². The fourth-order valence-corrected chi connectivity index (χ4v) is 3.80. The standard InChI is InChI=1S/C23H32N2O/c1-4-5-8-13-26-23-12-11-20(21-9-6-7-10-22(21)23)14-18(2)16-25-17-24-15-19(25)3/h11-12,14-15,17H,4-10,13,16H2,1-3H3/b18-14+. The summed E-state index contributed by atoms with van der Waals surface area (Å²) in [5.41, 5.74) is 6.89. The molecule has 0 bridgehead atoms. The third-order valence-corrected chi connectivity index (χ3v) is 5.28. The lowest BCUT2D eigenvalue weighted by molar-refractivity contribution is 0.302. The minimum absolute atomic E-state index is 0.842. The van der Waals surface area contributed by atoms with Gasteiger partial charge in [-0.1, -0.05) is 37.5 Å². The number of imidazole rings is 1. The summed E-state index contributed by atoms with van der Waals surface area (Å²) in [6, 6.07) is 4.45. The summed E-state index contributed by atoms with van der Waals surface area (Å²) >= 11 is 0. The number of allylic oxidation sites excluding steroid dienone is 1. The Bertz CT molecular complexity index is 758. The van der Waals surface area contributed by atoms with E-state index >= 15 is 0 Å². The summed E-state index contributed by atoms with van der Waals surface area (Å²) in [5, 5.41) is 0. The van der Waals surface area contributed by atoms with E-state index in [1.54, 1.807) is 0 Å². The molecule has 0 N–H and O–H groups in total. The van der Waals surface area contributed by atoms with Gasteiger partial charge < -0.3 is 9.30 Å². The highest BCUT2D eigenvalue weighted by molar-refractivity contribution is 5.61. The zero-order chi connectivity index (χ0) is 18.4. The van der Waals surface area contributed by atoms with Gasteiger partial charge in [0.1, 0.15) is 5.75 Å². The maximum absolute atomic E-state index is 6.13. The third-order valence-electron chi connectivity index (χ3n) is 5.28. The molecule has 1 heterocycles. The molecule has 3 heteroatoms. The lowest BCUT2D eigenvalue weighted by Crippen LogP contribution is -2.09. The Morgan fingerprint density at radius 1 is 1.19 bits per heavy atom.